The lowest BCUT2D eigenvalue weighted by Crippen LogP contribution is -2.24. The van der Waals surface area contributed by atoms with Gasteiger partial charge in [-0.1, -0.05) is 11.8 Å². The molecule has 0 aliphatic carbocycles. The van der Waals surface area contributed by atoms with Crippen molar-refractivity contribution in [1.29, 1.82) is 0 Å². The third-order valence-electron chi connectivity index (χ3n) is 2.76. The molecular formula is C15H13F3N2OS. The molecule has 2 aromatic rings. The van der Waals surface area contributed by atoms with Crippen LogP contribution in [-0.4, -0.2) is 13.1 Å². The van der Waals surface area contributed by atoms with Gasteiger partial charge in [0.2, 0.25) is 0 Å². The number of urea groups is 1. The Balaban J connectivity index is 2.03. The molecule has 22 heavy (non-hydrogen) atoms. The van der Waals surface area contributed by atoms with Crippen LogP contribution in [0.15, 0.2) is 58.3 Å². The van der Waals surface area contributed by atoms with Crippen LogP contribution in [0.5, 0.6) is 0 Å². The second-order valence-corrected chi connectivity index (χ2v) is 5.50. The maximum Gasteiger partial charge on any atom is 0.416 e. The number of hydrogen-bond acceptors (Lipinski definition) is 2. The van der Waals surface area contributed by atoms with Gasteiger partial charge in [-0.15, -0.1) is 0 Å². The summed E-state index contributed by atoms with van der Waals surface area (Å²) in [5.74, 6) is 0. The molecule has 0 saturated carbocycles. The Labute approximate surface area is 129 Å². The van der Waals surface area contributed by atoms with Crippen LogP contribution in [0.4, 0.5) is 23.7 Å². The fourth-order valence-corrected chi connectivity index (χ4v) is 2.46. The molecule has 2 N–H and O–H groups in total. The van der Waals surface area contributed by atoms with Crippen molar-refractivity contribution < 1.29 is 18.0 Å². The molecule has 0 aliphatic heterocycles. The van der Waals surface area contributed by atoms with Crippen LogP contribution >= 0.6 is 11.8 Å². The third-order valence-corrected chi connectivity index (χ3v) is 3.77. The number of nitrogens with one attached hydrogen (secondary N) is 2. The smallest absolute Gasteiger partial charge is 0.341 e. The Morgan fingerprint density at radius 2 is 1.45 bits per heavy atom. The van der Waals surface area contributed by atoms with Gasteiger partial charge in [-0.05, 0) is 48.5 Å². The van der Waals surface area contributed by atoms with E-state index in [2.05, 4.69) is 10.6 Å². The van der Waals surface area contributed by atoms with E-state index in [1.807, 2.05) is 0 Å². The normalized spacial score (nSPS) is 11.1. The minimum Gasteiger partial charge on any atom is -0.341 e. The summed E-state index contributed by atoms with van der Waals surface area (Å²) in [6, 6.07) is 11.7. The second-order valence-electron chi connectivity index (χ2n) is 4.35. The summed E-state index contributed by atoms with van der Waals surface area (Å²) in [7, 11) is 1.52. The number of alkyl halides is 3. The Bertz CT molecular complexity index is 639. The molecule has 0 fully saturated rings. The molecule has 0 aromatic heterocycles. The number of amides is 2. The highest BCUT2D eigenvalue weighted by Crippen LogP contribution is 2.33. The zero-order chi connectivity index (χ0) is 16.2. The van der Waals surface area contributed by atoms with E-state index in [-0.39, 0.29) is 6.03 Å². The third kappa shape index (κ3) is 4.42. The van der Waals surface area contributed by atoms with E-state index in [1.165, 1.54) is 30.9 Å². The fourth-order valence-electron chi connectivity index (χ4n) is 1.65. The topological polar surface area (TPSA) is 41.1 Å². The number of hydrogen-bond donors (Lipinski definition) is 2. The summed E-state index contributed by atoms with van der Waals surface area (Å²) in [4.78, 5) is 12.7. The van der Waals surface area contributed by atoms with Gasteiger partial charge in [0.05, 0.1) is 5.56 Å². The molecule has 0 radical (unpaired) electrons. The first kappa shape index (κ1) is 16.2. The standard InChI is InChI=1S/C15H13F3N2OS/c1-19-14(21)20-11-4-8-13(9-5-11)22-12-6-2-10(3-7-12)15(16,17)18/h2-9H,1H3,(H2,19,20,21). The largest absolute Gasteiger partial charge is 0.416 e. The van der Waals surface area contributed by atoms with E-state index in [4.69, 9.17) is 0 Å². The predicted octanol–water partition coefficient (Wildman–Crippen LogP) is 4.61. The van der Waals surface area contributed by atoms with Gasteiger partial charge in [0, 0.05) is 22.5 Å². The van der Waals surface area contributed by atoms with Crippen LogP contribution in [0.25, 0.3) is 0 Å². The van der Waals surface area contributed by atoms with Gasteiger partial charge in [-0.3, -0.25) is 0 Å². The molecule has 0 atom stereocenters. The van der Waals surface area contributed by atoms with Crippen LogP contribution in [0.3, 0.4) is 0 Å². The molecule has 0 bridgehead atoms. The van der Waals surface area contributed by atoms with Gasteiger partial charge in [0.25, 0.3) is 0 Å². The molecule has 3 nitrogen and oxygen atoms in total. The quantitative estimate of drug-likeness (QED) is 0.865. The molecule has 0 aliphatic rings. The van der Waals surface area contributed by atoms with E-state index >= 15 is 0 Å². The SMILES string of the molecule is CNC(=O)Nc1ccc(Sc2ccc(C(F)(F)F)cc2)cc1. The average Bonchev–Trinajstić information content (AvgIpc) is 2.49. The predicted molar refractivity (Wildman–Crippen MR) is 80.1 cm³/mol. The van der Waals surface area contributed by atoms with Crippen LogP contribution in [0, 0.1) is 0 Å². The molecule has 0 heterocycles. The van der Waals surface area contributed by atoms with Gasteiger partial charge in [-0.2, -0.15) is 13.2 Å². The van der Waals surface area contributed by atoms with Crippen molar-refractivity contribution in [3.05, 3.63) is 54.1 Å². The van der Waals surface area contributed by atoms with Crippen molar-refractivity contribution in [2.24, 2.45) is 0 Å². The molecular weight excluding hydrogens is 313 g/mol. The molecule has 2 rings (SSSR count). The Morgan fingerprint density at radius 1 is 0.955 bits per heavy atom. The summed E-state index contributed by atoms with van der Waals surface area (Å²) in [6.07, 6.45) is -4.32. The van der Waals surface area contributed by atoms with Crippen LogP contribution in [0.2, 0.25) is 0 Å². The highest BCUT2D eigenvalue weighted by atomic mass is 32.2. The second kappa shape index (κ2) is 6.74. The van der Waals surface area contributed by atoms with E-state index in [9.17, 15) is 18.0 Å². The van der Waals surface area contributed by atoms with E-state index in [0.717, 1.165) is 17.0 Å². The molecule has 2 amide bonds. The van der Waals surface area contributed by atoms with E-state index in [1.54, 1.807) is 24.3 Å². The molecule has 7 heteroatoms. The maximum absolute atomic E-state index is 12.5. The first-order valence-electron chi connectivity index (χ1n) is 6.32. The molecule has 2 aromatic carbocycles. The van der Waals surface area contributed by atoms with Gasteiger partial charge >= 0.3 is 12.2 Å². The summed E-state index contributed by atoms with van der Waals surface area (Å²) in [6.45, 7) is 0. The van der Waals surface area contributed by atoms with E-state index < -0.39 is 11.7 Å². The summed E-state index contributed by atoms with van der Waals surface area (Å²) < 4.78 is 37.4. The highest BCUT2D eigenvalue weighted by Gasteiger charge is 2.29. The monoisotopic (exact) mass is 326 g/mol. The van der Waals surface area contributed by atoms with Gasteiger partial charge in [-0.25, -0.2) is 4.79 Å². The average molecular weight is 326 g/mol. The lowest BCUT2D eigenvalue weighted by molar-refractivity contribution is -0.137. The Kier molecular flexibility index (Phi) is 4.97. The van der Waals surface area contributed by atoms with Gasteiger partial charge in [0.1, 0.15) is 0 Å². The molecule has 0 spiro atoms. The van der Waals surface area contributed by atoms with Gasteiger partial charge < -0.3 is 10.6 Å². The van der Waals surface area contributed by atoms with Crippen molar-refractivity contribution in [2.75, 3.05) is 12.4 Å². The Hall–Kier alpha value is -2.15. The number of anilines is 1. The Morgan fingerprint density at radius 3 is 1.91 bits per heavy atom. The number of benzene rings is 2. The van der Waals surface area contributed by atoms with Gasteiger partial charge in [0.15, 0.2) is 0 Å². The molecule has 0 saturated heterocycles. The van der Waals surface area contributed by atoms with Crippen molar-refractivity contribution in [3.8, 4) is 0 Å². The van der Waals surface area contributed by atoms with Crippen LogP contribution in [0.1, 0.15) is 5.56 Å². The van der Waals surface area contributed by atoms with Crippen molar-refractivity contribution in [3.63, 3.8) is 0 Å². The number of carbonyl (C=O) groups is 1. The minimum absolute atomic E-state index is 0.317. The lowest BCUT2D eigenvalue weighted by atomic mass is 10.2. The summed E-state index contributed by atoms with van der Waals surface area (Å²) in [5.41, 5.74) is -0.0295. The van der Waals surface area contributed by atoms with E-state index in [0.29, 0.717) is 10.6 Å². The lowest BCUT2D eigenvalue weighted by Gasteiger charge is -2.08. The number of rotatable bonds is 3. The fraction of sp³-hybridized carbons (Fsp3) is 0.133. The maximum atomic E-state index is 12.5. The molecule has 0 unspecified atom stereocenters. The van der Waals surface area contributed by atoms with Crippen molar-refractivity contribution in [1.82, 2.24) is 5.32 Å². The minimum atomic E-state index is -4.32. The van der Waals surface area contributed by atoms with Crippen LogP contribution < -0.4 is 10.6 Å². The highest BCUT2D eigenvalue weighted by molar-refractivity contribution is 7.99. The number of carbonyl (C=O) groups excluding carboxylic acids is 1. The van der Waals surface area contributed by atoms with Crippen LogP contribution in [-0.2, 0) is 6.18 Å². The van der Waals surface area contributed by atoms with Crippen molar-refractivity contribution >= 4 is 23.5 Å². The first-order chi connectivity index (χ1) is 10.4. The molecule has 116 valence electrons. The summed E-state index contributed by atoms with van der Waals surface area (Å²) >= 11 is 1.34. The van der Waals surface area contributed by atoms with Crippen molar-refractivity contribution in [2.45, 2.75) is 16.0 Å². The zero-order valence-electron chi connectivity index (χ0n) is 11.6. The zero-order valence-corrected chi connectivity index (χ0v) is 12.4. The summed E-state index contributed by atoms with van der Waals surface area (Å²) in [5, 5.41) is 5.06. The number of halogens is 3. The first-order valence-corrected chi connectivity index (χ1v) is 7.14.